The van der Waals surface area contributed by atoms with E-state index in [1.54, 1.807) is 0 Å². The van der Waals surface area contributed by atoms with Crippen LogP contribution in [0.15, 0.2) is 24.3 Å². The lowest BCUT2D eigenvalue weighted by atomic mass is 9.81. The Bertz CT molecular complexity index is 400. The van der Waals surface area contributed by atoms with Crippen molar-refractivity contribution in [2.45, 2.75) is 46.2 Å². The van der Waals surface area contributed by atoms with Gasteiger partial charge in [0.1, 0.15) is 0 Å². The molecule has 1 aromatic carbocycles. The van der Waals surface area contributed by atoms with Gasteiger partial charge < -0.3 is 5.32 Å². The Labute approximate surface area is 116 Å². The second-order valence-corrected chi connectivity index (χ2v) is 7.32. The molecule has 1 nitrogen and oxygen atoms in total. The second kappa shape index (κ2) is 5.66. The molecule has 0 spiro atoms. The molecule has 0 radical (unpaired) electrons. The van der Waals surface area contributed by atoms with Gasteiger partial charge in [-0.15, -0.1) is 0 Å². The van der Waals surface area contributed by atoms with Crippen LogP contribution in [-0.2, 0) is 0 Å². The van der Waals surface area contributed by atoms with E-state index in [0.717, 1.165) is 0 Å². The standard InChI is InChI=1S/C16H25NS/c1-12-6-5-7-14(10-12)13(2)17-15-11-18-9-8-16(15,3)4/h5-7,10,13,15,17H,8-9,11H2,1-4H3/t13-,15?/m1/s1. The molecule has 0 bridgehead atoms. The number of thioether (sulfide) groups is 1. The zero-order valence-corrected chi connectivity index (χ0v) is 12.8. The SMILES string of the molecule is Cc1cccc([C@@H](C)NC2CSCCC2(C)C)c1. The quantitative estimate of drug-likeness (QED) is 0.878. The van der Waals surface area contributed by atoms with Gasteiger partial charge in [-0.05, 0) is 37.0 Å². The Kier molecular flexibility index (Phi) is 4.39. The molecule has 0 aromatic heterocycles. The first kappa shape index (κ1) is 14.0. The molecule has 2 heteroatoms. The van der Waals surface area contributed by atoms with Crippen molar-refractivity contribution in [3.63, 3.8) is 0 Å². The fourth-order valence-electron chi connectivity index (χ4n) is 2.55. The number of benzene rings is 1. The van der Waals surface area contributed by atoms with E-state index in [-0.39, 0.29) is 0 Å². The van der Waals surface area contributed by atoms with Crippen LogP contribution in [0.3, 0.4) is 0 Å². The summed E-state index contributed by atoms with van der Waals surface area (Å²) in [5.41, 5.74) is 3.17. The lowest BCUT2D eigenvalue weighted by Gasteiger charge is -2.40. The minimum absolute atomic E-state index is 0.420. The summed E-state index contributed by atoms with van der Waals surface area (Å²) in [5, 5.41) is 3.83. The van der Waals surface area contributed by atoms with Crippen molar-refractivity contribution in [2.24, 2.45) is 5.41 Å². The van der Waals surface area contributed by atoms with E-state index in [4.69, 9.17) is 0 Å². The van der Waals surface area contributed by atoms with Gasteiger partial charge in [0.2, 0.25) is 0 Å². The van der Waals surface area contributed by atoms with E-state index in [2.05, 4.69) is 69.0 Å². The molecule has 2 atom stereocenters. The predicted molar refractivity (Wildman–Crippen MR) is 82.2 cm³/mol. The van der Waals surface area contributed by atoms with Gasteiger partial charge in [0, 0.05) is 17.8 Å². The average Bonchev–Trinajstić information content (AvgIpc) is 2.31. The van der Waals surface area contributed by atoms with Crippen molar-refractivity contribution in [2.75, 3.05) is 11.5 Å². The Morgan fingerprint density at radius 2 is 2.17 bits per heavy atom. The Hall–Kier alpha value is -0.470. The topological polar surface area (TPSA) is 12.0 Å². The van der Waals surface area contributed by atoms with Gasteiger partial charge in [0.25, 0.3) is 0 Å². The fraction of sp³-hybridized carbons (Fsp3) is 0.625. The van der Waals surface area contributed by atoms with Crippen molar-refractivity contribution in [3.8, 4) is 0 Å². The molecule has 1 N–H and O–H groups in total. The van der Waals surface area contributed by atoms with E-state index in [1.165, 1.54) is 29.1 Å². The summed E-state index contributed by atoms with van der Waals surface area (Å²) in [6.45, 7) is 9.24. The lowest BCUT2D eigenvalue weighted by Crippen LogP contribution is -2.47. The number of rotatable bonds is 3. The highest BCUT2D eigenvalue weighted by atomic mass is 32.2. The molecule has 1 aromatic rings. The maximum absolute atomic E-state index is 3.83. The lowest BCUT2D eigenvalue weighted by molar-refractivity contribution is 0.232. The molecule has 1 heterocycles. The molecule has 1 fully saturated rings. The van der Waals surface area contributed by atoms with E-state index in [9.17, 15) is 0 Å². The van der Waals surface area contributed by atoms with Gasteiger partial charge in [-0.3, -0.25) is 0 Å². The highest BCUT2D eigenvalue weighted by molar-refractivity contribution is 7.99. The number of hydrogen-bond acceptors (Lipinski definition) is 2. The molecule has 1 unspecified atom stereocenters. The van der Waals surface area contributed by atoms with Crippen LogP contribution >= 0.6 is 11.8 Å². The molecule has 18 heavy (non-hydrogen) atoms. The third-order valence-electron chi connectivity index (χ3n) is 4.11. The molecule has 1 aliphatic heterocycles. The minimum atomic E-state index is 0.420. The summed E-state index contributed by atoms with van der Waals surface area (Å²) in [7, 11) is 0. The summed E-state index contributed by atoms with van der Waals surface area (Å²) in [4.78, 5) is 0. The van der Waals surface area contributed by atoms with E-state index in [1.807, 2.05) is 0 Å². The van der Waals surface area contributed by atoms with Gasteiger partial charge in [0.05, 0.1) is 0 Å². The van der Waals surface area contributed by atoms with Crippen LogP contribution in [0.4, 0.5) is 0 Å². The van der Waals surface area contributed by atoms with E-state index < -0.39 is 0 Å². The highest BCUT2D eigenvalue weighted by Crippen LogP contribution is 2.35. The molecule has 100 valence electrons. The zero-order valence-electron chi connectivity index (χ0n) is 12.0. The first-order chi connectivity index (χ1) is 8.49. The van der Waals surface area contributed by atoms with Gasteiger partial charge >= 0.3 is 0 Å². The summed E-state index contributed by atoms with van der Waals surface area (Å²) < 4.78 is 0. The molecule has 2 rings (SSSR count). The molecule has 1 saturated heterocycles. The second-order valence-electron chi connectivity index (χ2n) is 6.17. The van der Waals surface area contributed by atoms with Gasteiger partial charge in [0.15, 0.2) is 0 Å². The summed E-state index contributed by atoms with van der Waals surface area (Å²) in [6.07, 6.45) is 1.32. The molecule has 1 aliphatic rings. The van der Waals surface area contributed by atoms with Crippen LogP contribution in [-0.4, -0.2) is 17.5 Å². The van der Waals surface area contributed by atoms with Crippen LogP contribution in [0.2, 0.25) is 0 Å². The van der Waals surface area contributed by atoms with Gasteiger partial charge in [-0.25, -0.2) is 0 Å². The van der Waals surface area contributed by atoms with Crippen LogP contribution < -0.4 is 5.32 Å². The zero-order chi connectivity index (χ0) is 13.2. The first-order valence-electron chi connectivity index (χ1n) is 6.89. The Balaban J connectivity index is 2.04. The summed E-state index contributed by atoms with van der Waals surface area (Å²) >= 11 is 2.08. The van der Waals surface area contributed by atoms with Crippen molar-refractivity contribution in [1.29, 1.82) is 0 Å². The van der Waals surface area contributed by atoms with Crippen molar-refractivity contribution in [3.05, 3.63) is 35.4 Å². The third-order valence-corrected chi connectivity index (χ3v) is 5.17. The van der Waals surface area contributed by atoms with Crippen molar-refractivity contribution >= 4 is 11.8 Å². The fourth-order valence-corrected chi connectivity index (χ4v) is 4.17. The predicted octanol–water partition coefficient (Wildman–Crippen LogP) is 4.18. The minimum Gasteiger partial charge on any atom is -0.306 e. The number of nitrogens with one attached hydrogen (secondary N) is 1. The Morgan fingerprint density at radius 1 is 1.39 bits per heavy atom. The molecular formula is C16H25NS. The largest absolute Gasteiger partial charge is 0.306 e. The monoisotopic (exact) mass is 263 g/mol. The maximum atomic E-state index is 3.83. The Morgan fingerprint density at radius 3 is 2.83 bits per heavy atom. The first-order valence-corrected chi connectivity index (χ1v) is 8.05. The highest BCUT2D eigenvalue weighted by Gasteiger charge is 2.33. The maximum Gasteiger partial charge on any atom is 0.0295 e. The molecular weight excluding hydrogens is 238 g/mol. The average molecular weight is 263 g/mol. The summed E-state index contributed by atoms with van der Waals surface area (Å²) in [6, 6.07) is 9.90. The third kappa shape index (κ3) is 3.30. The van der Waals surface area contributed by atoms with Crippen LogP contribution in [0.1, 0.15) is 44.4 Å². The van der Waals surface area contributed by atoms with Crippen LogP contribution in [0.25, 0.3) is 0 Å². The normalized spacial score (nSPS) is 24.8. The number of hydrogen-bond donors (Lipinski definition) is 1. The van der Waals surface area contributed by atoms with E-state index in [0.29, 0.717) is 17.5 Å². The van der Waals surface area contributed by atoms with Crippen molar-refractivity contribution in [1.82, 2.24) is 5.32 Å². The van der Waals surface area contributed by atoms with Crippen LogP contribution in [0.5, 0.6) is 0 Å². The summed E-state index contributed by atoms with van der Waals surface area (Å²) in [5.74, 6) is 2.55. The van der Waals surface area contributed by atoms with Crippen LogP contribution in [0, 0.1) is 12.3 Å². The number of aryl methyl sites for hydroxylation is 1. The van der Waals surface area contributed by atoms with Gasteiger partial charge in [-0.1, -0.05) is 43.7 Å². The molecule has 0 saturated carbocycles. The smallest absolute Gasteiger partial charge is 0.0295 e. The molecule has 0 amide bonds. The van der Waals surface area contributed by atoms with Crippen molar-refractivity contribution < 1.29 is 0 Å². The van der Waals surface area contributed by atoms with E-state index >= 15 is 0 Å². The molecule has 0 aliphatic carbocycles. The van der Waals surface area contributed by atoms with Gasteiger partial charge in [-0.2, -0.15) is 11.8 Å².